The van der Waals surface area contributed by atoms with Crippen molar-refractivity contribution in [2.45, 2.75) is 161 Å². The third-order valence-corrected chi connectivity index (χ3v) is 14.4. The summed E-state index contributed by atoms with van der Waals surface area (Å²) in [6, 6.07) is 0. The van der Waals surface area contributed by atoms with Crippen molar-refractivity contribution in [2.24, 2.45) is 45.3 Å². The van der Waals surface area contributed by atoms with E-state index in [0.717, 1.165) is 25.7 Å². The molecule has 0 aromatic heterocycles. The van der Waals surface area contributed by atoms with Gasteiger partial charge in [0.2, 0.25) is 0 Å². The fraction of sp³-hybridized carbons (Fsp3) is 0.944. The molecule has 260 valence electrons. The lowest BCUT2D eigenvalue weighted by Crippen LogP contribution is -2.71. The van der Waals surface area contributed by atoms with Gasteiger partial charge in [0.1, 0.15) is 24.4 Å². The Balaban J connectivity index is 1.54. The molecule has 0 bridgehead atoms. The van der Waals surface area contributed by atoms with Crippen LogP contribution in [0, 0.1) is 45.3 Å². The summed E-state index contributed by atoms with van der Waals surface area (Å²) in [5.41, 5.74) is -1.21. The molecule has 0 radical (unpaired) electrons. The molecule has 5 fully saturated rings. The van der Waals surface area contributed by atoms with E-state index in [0.29, 0.717) is 25.7 Å². The number of hydrogen-bond acceptors (Lipinski definition) is 9. The van der Waals surface area contributed by atoms with Gasteiger partial charge in [0.05, 0.1) is 30.5 Å². The van der Waals surface area contributed by atoms with Gasteiger partial charge in [-0.25, -0.2) is 0 Å². The largest absolute Gasteiger partial charge is 0.394 e. The molecule has 1 aliphatic heterocycles. The summed E-state index contributed by atoms with van der Waals surface area (Å²) in [4.78, 5) is 0. The number of allylic oxidation sites excluding steroid dienone is 2. The first-order valence-electron chi connectivity index (χ1n) is 17.4. The zero-order valence-corrected chi connectivity index (χ0v) is 28.8. The number of hydrogen-bond donors (Lipinski definition) is 7. The topological polar surface area (TPSA) is 160 Å². The Hall–Kier alpha value is -0.620. The first kappa shape index (κ1) is 35.7. The summed E-state index contributed by atoms with van der Waals surface area (Å²) < 4.78 is 12.6. The van der Waals surface area contributed by atoms with Crippen molar-refractivity contribution in [1.82, 2.24) is 0 Å². The third-order valence-electron chi connectivity index (χ3n) is 14.4. The molecule has 0 amide bonds. The number of fused-ring (bicyclic) bond motifs is 5. The molecule has 1 saturated heterocycles. The lowest BCUT2D eigenvalue weighted by molar-refractivity contribution is -0.346. The highest BCUT2D eigenvalue weighted by Crippen LogP contribution is 2.76. The van der Waals surface area contributed by atoms with Crippen LogP contribution >= 0.6 is 0 Å². The number of ether oxygens (including phenoxy) is 2. The van der Waals surface area contributed by atoms with Gasteiger partial charge < -0.3 is 45.2 Å². The molecular weight excluding hydrogens is 576 g/mol. The Morgan fingerprint density at radius 3 is 2.22 bits per heavy atom. The number of aliphatic hydroxyl groups is 7. The highest BCUT2D eigenvalue weighted by molar-refractivity contribution is 5.22. The Morgan fingerprint density at radius 1 is 0.933 bits per heavy atom. The SMILES string of the molecule is CC(C)=CCC[C@](C)(O)[C@H]1CC[C@]2(C)[C@@H]1[C@H](O)C[C@@H]1[C@@]3(C)CC[C@H](O)C(C)(C)[C@@H]3[C@@H](O[C@@H]3OC(CO)[C@@H](O)[C@@H](O)C3O)C[C@]12C. The first-order valence-corrected chi connectivity index (χ1v) is 17.4. The minimum atomic E-state index is -1.54. The molecule has 2 unspecified atom stereocenters. The van der Waals surface area contributed by atoms with Crippen LogP contribution in [0.1, 0.15) is 107 Å². The summed E-state index contributed by atoms with van der Waals surface area (Å²) in [5.74, 6) is -0.186. The quantitative estimate of drug-likeness (QED) is 0.164. The molecule has 16 atom stereocenters. The van der Waals surface area contributed by atoms with Gasteiger partial charge in [-0.2, -0.15) is 0 Å². The molecule has 1 heterocycles. The van der Waals surface area contributed by atoms with E-state index in [2.05, 4.69) is 54.5 Å². The van der Waals surface area contributed by atoms with E-state index in [4.69, 9.17) is 9.47 Å². The summed E-state index contributed by atoms with van der Waals surface area (Å²) in [7, 11) is 0. The van der Waals surface area contributed by atoms with E-state index in [1.165, 1.54) is 5.57 Å². The minimum Gasteiger partial charge on any atom is -0.394 e. The molecule has 0 aromatic rings. The van der Waals surface area contributed by atoms with Gasteiger partial charge in [-0.05, 0) is 117 Å². The molecule has 7 N–H and O–H groups in total. The van der Waals surface area contributed by atoms with Crippen molar-refractivity contribution in [3.05, 3.63) is 11.6 Å². The van der Waals surface area contributed by atoms with Crippen molar-refractivity contribution in [3.63, 3.8) is 0 Å². The molecule has 4 aliphatic carbocycles. The van der Waals surface area contributed by atoms with Crippen LogP contribution in [-0.4, -0.2) is 97.0 Å². The van der Waals surface area contributed by atoms with E-state index >= 15 is 0 Å². The van der Waals surface area contributed by atoms with Gasteiger partial charge in [-0.15, -0.1) is 0 Å². The fourth-order valence-corrected chi connectivity index (χ4v) is 11.9. The molecule has 5 aliphatic rings. The Labute approximate surface area is 270 Å². The van der Waals surface area contributed by atoms with E-state index in [1.54, 1.807) is 0 Å². The maximum Gasteiger partial charge on any atom is 0.186 e. The molecule has 45 heavy (non-hydrogen) atoms. The van der Waals surface area contributed by atoms with Gasteiger partial charge in [-0.1, -0.05) is 46.3 Å². The number of rotatable bonds is 7. The molecule has 0 spiro atoms. The smallest absolute Gasteiger partial charge is 0.186 e. The summed E-state index contributed by atoms with van der Waals surface area (Å²) in [6.07, 6.45) is -0.603. The summed E-state index contributed by atoms with van der Waals surface area (Å²) >= 11 is 0. The van der Waals surface area contributed by atoms with Gasteiger partial charge in [-0.3, -0.25) is 0 Å². The van der Waals surface area contributed by atoms with Crippen LogP contribution in [0.4, 0.5) is 0 Å². The monoisotopic (exact) mass is 638 g/mol. The predicted octanol–water partition coefficient (Wildman–Crippen LogP) is 3.30. The lowest BCUT2D eigenvalue weighted by Gasteiger charge is -2.72. The zero-order valence-electron chi connectivity index (χ0n) is 28.8. The van der Waals surface area contributed by atoms with Crippen molar-refractivity contribution in [2.75, 3.05) is 6.61 Å². The molecule has 9 heteroatoms. The van der Waals surface area contributed by atoms with Gasteiger partial charge in [0.25, 0.3) is 0 Å². The van der Waals surface area contributed by atoms with Gasteiger partial charge >= 0.3 is 0 Å². The average Bonchev–Trinajstić information content (AvgIpc) is 3.33. The fourth-order valence-electron chi connectivity index (χ4n) is 11.9. The van der Waals surface area contributed by atoms with E-state index < -0.39 is 66.6 Å². The molecule has 0 aromatic carbocycles. The highest BCUT2D eigenvalue weighted by Gasteiger charge is 2.73. The van der Waals surface area contributed by atoms with Crippen LogP contribution in [0.2, 0.25) is 0 Å². The first-order chi connectivity index (χ1) is 20.8. The highest BCUT2D eigenvalue weighted by atomic mass is 16.7. The average molecular weight is 639 g/mol. The van der Waals surface area contributed by atoms with Crippen molar-refractivity contribution in [3.8, 4) is 0 Å². The Bertz CT molecular complexity index is 1100. The maximum absolute atomic E-state index is 12.1. The zero-order chi connectivity index (χ0) is 33.5. The van der Waals surface area contributed by atoms with Crippen molar-refractivity contribution < 1.29 is 45.2 Å². The second-order valence-corrected chi connectivity index (χ2v) is 17.5. The van der Waals surface area contributed by atoms with Crippen LogP contribution < -0.4 is 0 Å². The second kappa shape index (κ2) is 12.1. The maximum atomic E-state index is 12.1. The third kappa shape index (κ3) is 5.48. The second-order valence-electron chi connectivity index (χ2n) is 17.5. The van der Waals surface area contributed by atoms with E-state index in [9.17, 15) is 35.7 Å². The minimum absolute atomic E-state index is 0.0548. The number of aliphatic hydroxyl groups excluding tert-OH is 6. The molecule has 9 nitrogen and oxygen atoms in total. The van der Waals surface area contributed by atoms with Crippen LogP contribution in [0.15, 0.2) is 11.6 Å². The lowest BCUT2D eigenvalue weighted by atomic mass is 9.34. The van der Waals surface area contributed by atoms with Crippen LogP contribution in [0.5, 0.6) is 0 Å². The Kier molecular flexibility index (Phi) is 9.56. The van der Waals surface area contributed by atoms with E-state index in [1.807, 2.05) is 6.92 Å². The van der Waals surface area contributed by atoms with Crippen LogP contribution in [0.25, 0.3) is 0 Å². The predicted molar refractivity (Wildman–Crippen MR) is 170 cm³/mol. The van der Waals surface area contributed by atoms with E-state index in [-0.39, 0.29) is 39.9 Å². The van der Waals surface area contributed by atoms with Crippen LogP contribution in [0.3, 0.4) is 0 Å². The normalized spacial score (nSPS) is 52.2. The van der Waals surface area contributed by atoms with Gasteiger partial charge in [0, 0.05) is 0 Å². The summed E-state index contributed by atoms with van der Waals surface area (Å²) in [5, 5.41) is 77.2. The molecular formula is C36H62O9. The van der Waals surface area contributed by atoms with Crippen molar-refractivity contribution >= 4 is 0 Å². The molecule has 5 rings (SSSR count). The van der Waals surface area contributed by atoms with Gasteiger partial charge in [0.15, 0.2) is 6.29 Å². The summed E-state index contributed by atoms with van der Waals surface area (Å²) in [6.45, 7) is 16.6. The van der Waals surface area contributed by atoms with Crippen molar-refractivity contribution in [1.29, 1.82) is 0 Å². The van der Waals surface area contributed by atoms with Crippen LogP contribution in [-0.2, 0) is 9.47 Å². The standard InChI is InChI=1S/C36H62O9/c1-19(2)10-9-13-36(8,43)20-11-15-34(6)26(20)21(38)16-24-33(5)14-12-25(39)32(3,4)30(33)22(17-35(24,34)7)44-31-29(42)28(41)27(40)23(18-37)45-31/h10,20-31,37-43H,9,11-18H2,1-8H3/t20-,21+,22-,23?,24+,25-,26-,27+,28+,29?,30-,31+,33+,34+,35+,36-/m0/s1. The molecule has 4 saturated carbocycles. The Morgan fingerprint density at radius 2 is 1.60 bits per heavy atom.